The number of nitrogens with zero attached hydrogens (tertiary/aromatic N) is 1. The third kappa shape index (κ3) is 2.44. The van der Waals surface area contributed by atoms with Gasteiger partial charge in [-0.1, -0.05) is 12.1 Å². The van der Waals surface area contributed by atoms with E-state index in [-0.39, 0.29) is 0 Å². The third-order valence-corrected chi connectivity index (χ3v) is 5.30. The zero-order chi connectivity index (χ0) is 12.5. The second-order valence-electron chi connectivity index (χ2n) is 5.71. The lowest BCUT2D eigenvalue weighted by atomic mass is 9.98. The minimum atomic E-state index is 0.457. The Morgan fingerprint density at radius 1 is 1.22 bits per heavy atom. The van der Waals surface area contributed by atoms with Gasteiger partial charge in [-0.05, 0) is 48.6 Å². The van der Waals surface area contributed by atoms with Crippen molar-refractivity contribution in [2.45, 2.75) is 30.3 Å². The molecule has 0 spiro atoms. The maximum absolute atomic E-state index is 6.18. The van der Waals surface area contributed by atoms with E-state index in [2.05, 4.69) is 35.4 Å². The molecule has 2 aliphatic rings. The zero-order valence-electron chi connectivity index (χ0n) is 11.0. The fraction of sp³-hybridized carbons (Fsp3) is 0.600. The van der Waals surface area contributed by atoms with Gasteiger partial charge in [-0.3, -0.25) is 4.90 Å². The molecule has 1 aliphatic carbocycles. The van der Waals surface area contributed by atoms with Crippen molar-refractivity contribution in [3.05, 3.63) is 29.8 Å². The lowest BCUT2D eigenvalue weighted by Gasteiger charge is -2.18. The van der Waals surface area contributed by atoms with Crippen LogP contribution < -0.4 is 5.73 Å². The average molecular weight is 262 g/mol. The Morgan fingerprint density at radius 3 is 2.67 bits per heavy atom. The highest BCUT2D eigenvalue weighted by Gasteiger charge is 2.40. The van der Waals surface area contributed by atoms with Crippen LogP contribution >= 0.6 is 11.8 Å². The predicted molar refractivity (Wildman–Crippen MR) is 77.7 cm³/mol. The summed E-state index contributed by atoms with van der Waals surface area (Å²) in [6, 6.07) is 9.43. The number of thioether (sulfide) groups is 1. The van der Waals surface area contributed by atoms with Crippen molar-refractivity contribution in [1.82, 2.24) is 4.90 Å². The second kappa shape index (κ2) is 5.24. The number of rotatable bonds is 3. The minimum absolute atomic E-state index is 0.457. The molecule has 98 valence electrons. The largest absolute Gasteiger partial charge is 0.327 e. The fourth-order valence-corrected chi connectivity index (χ4v) is 3.93. The van der Waals surface area contributed by atoms with E-state index in [4.69, 9.17) is 5.73 Å². The van der Waals surface area contributed by atoms with Crippen LogP contribution in [0.4, 0.5) is 0 Å². The maximum atomic E-state index is 6.18. The normalized spacial score (nSPS) is 31.8. The third-order valence-electron chi connectivity index (χ3n) is 4.55. The van der Waals surface area contributed by atoms with Crippen molar-refractivity contribution in [3.8, 4) is 0 Å². The molecule has 3 heteroatoms. The van der Waals surface area contributed by atoms with Crippen LogP contribution in [0.5, 0.6) is 0 Å². The van der Waals surface area contributed by atoms with Gasteiger partial charge in [0, 0.05) is 30.6 Å². The van der Waals surface area contributed by atoms with E-state index in [0.29, 0.717) is 6.04 Å². The fourth-order valence-electron chi connectivity index (χ4n) is 3.52. The van der Waals surface area contributed by atoms with E-state index in [1.807, 2.05) is 0 Å². The lowest BCUT2D eigenvalue weighted by molar-refractivity contribution is 0.298. The van der Waals surface area contributed by atoms with Gasteiger partial charge in [-0.25, -0.2) is 0 Å². The molecular formula is C15H22N2S. The summed E-state index contributed by atoms with van der Waals surface area (Å²) in [5.74, 6) is 1.63. The van der Waals surface area contributed by atoms with Crippen LogP contribution in [0.1, 0.15) is 18.4 Å². The summed E-state index contributed by atoms with van der Waals surface area (Å²) in [7, 11) is 0. The molecule has 2 fully saturated rings. The quantitative estimate of drug-likeness (QED) is 0.849. The molecule has 2 N–H and O–H groups in total. The molecule has 18 heavy (non-hydrogen) atoms. The number of nitrogens with two attached hydrogens (primary N) is 1. The molecule has 0 aromatic heterocycles. The molecule has 1 saturated heterocycles. The van der Waals surface area contributed by atoms with Crippen molar-refractivity contribution >= 4 is 11.8 Å². The number of hydrogen-bond acceptors (Lipinski definition) is 3. The van der Waals surface area contributed by atoms with Crippen molar-refractivity contribution < 1.29 is 0 Å². The van der Waals surface area contributed by atoms with Crippen LogP contribution in [0.15, 0.2) is 29.2 Å². The van der Waals surface area contributed by atoms with Crippen LogP contribution in [0.3, 0.4) is 0 Å². The first-order valence-corrected chi connectivity index (χ1v) is 8.09. The maximum Gasteiger partial charge on any atom is 0.0233 e. The standard InChI is InChI=1S/C15H22N2S/c1-18-13-5-2-11(3-6-13)8-17-9-12-4-7-15(16)14(12)10-17/h2-3,5-6,12,14-15H,4,7-10,16H2,1H3. The van der Waals surface area contributed by atoms with E-state index in [0.717, 1.165) is 18.4 Å². The monoisotopic (exact) mass is 262 g/mol. The van der Waals surface area contributed by atoms with Crippen molar-refractivity contribution in [2.75, 3.05) is 19.3 Å². The van der Waals surface area contributed by atoms with Gasteiger partial charge in [0.05, 0.1) is 0 Å². The molecule has 0 bridgehead atoms. The Kier molecular flexibility index (Phi) is 3.64. The second-order valence-corrected chi connectivity index (χ2v) is 6.59. The molecule has 3 unspecified atom stereocenters. The smallest absolute Gasteiger partial charge is 0.0233 e. The van der Waals surface area contributed by atoms with Crippen LogP contribution in [-0.2, 0) is 6.54 Å². The number of likely N-dealkylation sites (tertiary alicyclic amines) is 1. The molecule has 1 aliphatic heterocycles. The summed E-state index contributed by atoms with van der Waals surface area (Å²) in [5.41, 5.74) is 7.62. The molecule has 1 saturated carbocycles. The summed E-state index contributed by atoms with van der Waals surface area (Å²) >= 11 is 1.80. The Balaban J connectivity index is 1.60. The van der Waals surface area contributed by atoms with Crippen LogP contribution in [0.25, 0.3) is 0 Å². The lowest BCUT2D eigenvalue weighted by Crippen LogP contribution is -2.30. The zero-order valence-corrected chi connectivity index (χ0v) is 11.8. The summed E-state index contributed by atoms with van der Waals surface area (Å²) in [6.07, 6.45) is 4.71. The Morgan fingerprint density at radius 2 is 2.00 bits per heavy atom. The Bertz CT molecular complexity index is 403. The first-order chi connectivity index (χ1) is 8.76. The molecule has 0 amide bonds. The van der Waals surface area contributed by atoms with Crippen LogP contribution in [0.2, 0.25) is 0 Å². The average Bonchev–Trinajstić information content (AvgIpc) is 2.93. The summed E-state index contributed by atoms with van der Waals surface area (Å²) < 4.78 is 0. The van der Waals surface area contributed by atoms with Gasteiger partial charge in [0.1, 0.15) is 0 Å². The molecule has 1 aromatic rings. The van der Waals surface area contributed by atoms with Gasteiger partial charge in [-0.15, -0.1) is 11.8 Å². The summed E-state index contributed by atoms with van der Waals surface area (Å²) in [6.45, 7) is 3.55. The number of benzene rings is 1. The van der Waals surface area contributed by atoms with Gasteiger partial charge in [0.2, 0.25) is 0 Å². The van der Waals surface area contributed by atoms with Crippen molar-refractivity contribution in [3.63, 3.8) is 0 Å². The molecule has 1 aromatic carbocycles. The van der Waals surface area contributed by atoms with Gasteiger partial charge in [0.25, 0.3) is 0 Å². The Hall–Kier alpha value is -0.510. The van der Waals surface area contributed by atoms with E-state index < -0.39 is 0 Å². The predicted octanol–water partition coefficient (Wildman–Crippen LogP) is 2.58. The molecule has 1 heterocycles. The SMILES string of the molecule is CSc1ccc(CN2CC3CCC(N)C3C2)cc1. The summed E-state index contributed by atoms with van der Waals surface area (Å²) in [5, 5.41) is 0. The van der Waals surface area contributed by atoms with Crippen LogP contribution in [-0.4, -0.2) is 30.3 Å². The van der Waals surface area contributed by atoms with Crippen molar-refractivity contribution in [2.24, 2.45) is 17.6 Å². The highest BCUT2D eigenvalue weighted by atomic mass is 32.2. The molecule has 3 rings (SSSR count). The number of fused-ring (bicyclic) bond motifs is 1. The molecular weight excluding hydrogens is 240 g/mol. The summed E-state index contributed by atoms with van der Waals surface area (Å²) in [4.78, 5) is 3.93. The van der Waals surface area contributed by atoms with Crippen LogP contribution in [0, 0.1) is 11.8 Å². The first-order valence-electron chi connectivity index (χ1n) is 6.87. The van der Waals surface area contributed by atoms with Gasteiger partial charge < -0.3 is 5.73 Å². The topological polar surface area (TPSA) is 29.3 Å². The van der Waals surface area contributed by atoms with E-state index in [1.165, 1.54) is 36.4 Å². The van der Waals surface area contributed by atoms with E-state index in [9.17, 15) is 0 Å². The first kappa shape index (κ1) is 12.5. The van der Waals surface area contributed by atoms with E-state index in [1.54, 1.807) is 11.8 Å². The minimum Gasteiger partial charge on any atom is -0.327 e. The molecule has 3 atom stereocenters. The molecule has 2 nitrogen and oxygen atoms in total. The highest BCUT2D eigenvalue weighted by molar-refractivity contribution is 7.98. The van der Waals surface area contributed by atoms with Crippen molar-refractivity contribution in [1.29, 1.82) is 0 Å². The molecule has 0 radical (unpaired) electrons. The van der Waals surface area contributed by atoms with Gasteiger partial charge >= 0.3 is 0 Å². The van der Waals surface area contributed by atoms with E-state index >= 15 is 0 Å². The number of hydrogen-bond donors (Lipinski definition) is 1. The van der Waals surface area contributed by atoms with Gasteiger partial charge in [-0.2, -0.15) is 0 Å². The Labute approximate surface area is 114 Å². The van der Waals surface area contributed by atoms with Gasteiger partial charge in [0.15, 0.2) is 0 Å². The highest BCUT2D eigenvalue weighted by Crippen LogP contribution is 2.37.